The van der Waals surface area contributed by atoms with E-state index in [-0.39, 0.29) is 18.7 Å². The Hall–Kier alpha value is -0.120. The molecule has 0 aliphatic rings. The average molecular weight is 188 g/mol. The second-order valence-corrected chi connectivity index (χ2v) is 4.16. The van der Waals surface area contributed by atoms with Crippen LogP contribution >= 0.6 is 0 Å². The van der Waals surface area contributed by atoms with Crippen LogP contribution < -0.4 is 5.73 Å². The van der Waals surface area contributed by atoms with Gasteiger partial charge in [-0.3, -0.25) is 4.90 Å². The second kappa shape index (κ2) is 6.35. The third-order valence-corrected chi connectivity index (χ3v) is 2.37. The zero-order valence-electron chi connectivity index (χ0n) is 9.33. The minimum Gasteiger partial charge on any atom is -0.395 e. The quantitative estimate of drug-likeness (QED) is 0.644. The van der Waals surface area contributed by atoms with E-state index in [0.29, 0.717) is 5.92 Å². The molecule has 0 heterocycles. The lowest BCUT2D eigenvalue weighted by Gasteiger charge is -2.31. The summed E-state index contributed by atoms with van der Waals surface area (Å²) in [5.74, 6) is 0.614. The van der Waals surface area contributed by atoms with Crippen LogP contribution in [-0.2, 0) is 0 Å². The van der Waals surface area contributed by atoms with Crippen LogP contribution in [0.5, 0.6) is 0 Å². The van der Waals surface area contributed by atoms with Gasteiger partial charge in [0.05, 0.1) is 6.61 Å². The molecular formula is C10H24N2O. The van der Waals surface area contributed by atoms with Gasteiger partial charge in [-0.1, -0.05) is 20.8 Å². The molecule has 2 atom stereocenters. The van der Waals surface area contributed by atoms with Crippen molar-refractivity contribution in [1.82, 2.24) is 4.90 Å². The summed E-state index contributed by atoms with van der Waals surface area (Å²) in [6.45, 7) is 7.53. The predicted octanol–water partition coefficient (Wildman–Crippen LogP) is 0.672. The fourth-order valence-corrected chi connectivity index (χ4v) is 1.59. The number of aliphatic hydroxyl groups excluding tert-OH is 1. The van der Waals surface area contributed by atoms with Crippen molar-refractivity contribution in [3.05, 3.63) is 0 Å². The highest BCUT2D eigenvalue weighted by atomic mass is 16.3. The third-order valence-electron chi connectivity index (χ3n) is 2.37. The van der Waals surface area contributed by atoms with Crippen LogP contribution in [0.3, 0.4) is 0 Å². The van der Waals surface area contributed by atoms with Crippen molar-refractivity contribution >= 4 is 0 Å². The molecule has 0 aromatic carbocycles. The standard InChI is InChI=1S/C10H24N2O/c1-5-9(11)10(7-13)12(4)6-8(2)3/h8-10,13H,5-7,11H2,1-4H3. The first-order valence-corrected chi connectivity index (χ1v) is 5.09. The molecule has 0 bridgehead atoms. The maximum absolute atomic E-state index is 9.19. The Bertz CT molecular complexity index is 128. The van der Waals surface area contributed by atoms with Gasteiger partial charge in [-0.25, -0.2) is 0 Å². The van der Waals surface area contributed by atoms with Crippen molar-refractivity contribution in [2.45, 2.75) is 39.3 Å². The first-order chi connectivity index (χ1) is 6.02. The molecule has 3 heteroatoms. The summed E-state index contributed by atoms with van der Waals surface area (Å²) < 4.78 is 0. The van der Waals surface area contributed by atoms with Crippen LogP contribution in [0.1, 0.15) is 27.2 Å². The lowest BCUT2D eigenvalue weighted by Crippen LogP contribution is -2.49. The van der Waals surface area contributed by atoms with E-state index in [1.54, 1.807) is 0 Å². The van der Waals surface area contributed by atoms with E-state index < -0.39 is 0 Å². The minimum absolute atomic E-state index is 0.0775. The Morgan fingerprint density at radius 1 is 1.38 bits per heavy atom. The fraction of sp³-hybridized carbons (Fsp3) is 1.00. The maximum Gasteiger partial charge on any atom is 0.0601 e. The van der Waals surface area contributed by atoms with Crippen LogP contribution in [0.25, 0.3) is 0 Å². The van der Waals surface area contributed by atoms with Gasteiger partial charge in [-0.05, 0) is 19.4 Å². The van der Waals surface area contributed by atoms with E-state index >= 15 is 0 Å². The van der Waals surface area contributed by atoms with Crippen molar-refractivity contribution in [3.8, 4) is 0 Å². The van der Waals surface area contributed by atoms with Crippen LogP contribution in [0.15, 0.2) is 0 Å². The first kappa shape index (κ1) is 12.9. The van der Waals surface area contributed by atoms with E-state index in [1.165, 1.54) is 0 Å². The number of likely N-dealkylation sites (N-methyl/N-ethyl adjacent to an activating group) is 1. The Morgan fingerprint density at radius 3 is 2.23 bits per heavy atom. The van der Waals surface area contributed by atoms with Gasteiger partial charge in [0.15, 0.2) is 0 Å². The predicted molar refractivity (Wildman–Crippen MR) is 56.6 cm³/mol. The van der Waals surface area contributed by atoms with E-state index in [0.717, 1.165) is 13.0 Å². The summed E-state index contributed by atoms with van der Waals surface area (Å²) in [5, 5.41) is 9.19. The molecule has 0 aromatic rings. The molecular weight excluding hydrogens is 164 g/mol. The smallest absolute Gasteiger partial charge is 0.0601 e. The monoisotopic (exact) mass is 188 g/mol. The van der Waals surface area contributed by atoms with Gasteiger partial charge in [-0.2, -0.15) is 0 Å². The molecule has 13 heavy (non-hydrogen) atoms. The van der Waals surface area contributed by atoms with Crippen molar-refractivity contribution in [2.75, 3.05) is 20.2 Å². The van der Waals surface area contributed by atoms with Crippen LogP contribution in [0, 0.1) is 5.92 Å². The van der Waals surface area contributed by atoms with Gasteiger partial charge in [0, 0.05) is 18.6 Å². The summed E-state index contributed by atoms with van der Waals surface area (Å²) >= 11 is 0. The van der Waals surface area contributed by atoms with Crippen molar-refractivity contribution in [1.29, 1.82) is 0 Å². The highest BCUT2D eigenvalue weighted by Crippen LogP contribution is 2.06. The molecule has 0 aliphatic heterocycles. The number of aliphatic hydroxyl groups is 1. The SMILES string of the molecule is CCC(N)C(CO)N(C)CC(C)C. The molecule has 0 saturated heterocycles. The molecule has 3 nitrogen and oxygen atoms in total. The number of hydrogen-bond acceptors (Lipinski definition) is 3. The first-order valence-electron chi connectivity index (χ1n) is 5.09. The van der Waals surface area contributed by atoms with E-state index in [4.69, 9.17) is 5.73 Å². The Kier molecular flexibility index (Phi) is 6.29. The van der Waals surface area contributed by atoms with Crippen LogP contribution in [0.4, 0.5) is 0 Å². The van der Waals surface area contributed by atoms with E-state index in [1.807, 2.05) is 7.05 Å². The van der Waals surface area contributed by atoms with Gasteiger partial charge >= 0.3 is 0 Å². The third kappa shape index (κ3) is 4.60. The minimum atomic E-state index is 0.0775. The van der Waals surface area contributed by atoms with Crippen LogP contribution in [-0.4, -0.2) is 42.3 Å². The molecule has 0 amide bonds. The highest BCUT2D eigenvalue weighted by molar-refractivity contribution is 4.79. The largest absolute Gasteiger partial charge is 0.395 e. The van der Waals surface area contributed by atoms with E-state index in [2.05, 4.69) is 25.7 Å². The summed E-state index contributed by atoms with van der Waals surface area (Å²) in [6.07, 6.45) is 0.910. The highest BCUT2D eigenvalue weighted by Gasteiger charge is 2.20. The molecule has 0 radical (unpaired) electrons. The summed E-state index contributed by atoms with van der Waals surface area (Å²) in [5.41, 5.74) is 5.90. The van der Waals surface area contributed by atoms with Crippen molar-refractivity contribution in [2.24, 2.45) is 11.7 Å². The number of hydrogen-bond donors (Lipinski definition) is 2. The van der Waals surface area contributed by atoms with Gasteiger partial charge in [-0.15, -0.1) is 0 Å². The zero-order valence-corrected chi connectivity index (χ0v) is 9.33. The molecule has 0 rings (SSSR count). The van der Waals surface area contributed by atoms with Crippen molar-refractivity contribution in [3.63, 3.8) is 0 Å². The molecule has 80 valence electrons. The molecule has 0 fully saturated rings. The Morgan fingerprint density at radius 2 is 1.92 bits per heavy atom. The average Bonchev–Trinajstić information content (AvgIpc) is 2.03. The molecule has 0 aromatic heterocycles. The number of nitrogens with two attached hydrogens (primary N) is 1. The molecule has 2 unspecified atom stereocenters. The second-order valence-electron chi connectivity index (χ2n) is 4.16. The molecule has 0 spiro atoms. The van der Waals surface area contributed by atoms with Crippen LogP contribution in [0.2, 0.25) is 0 Å². The van der Waals surface area contributed by atoms with Gasteiger partial charge < -0.3 is 10.8 Å². The van der Waals surface area contributed by atoms with Gasteiger partial charge in [0.25, 0.3) is 0 Å². The van der Waals surface area contributed by atoms with Gasteiger partial charge in [0.2, 0.25) is 0 Å². The Balaban J connectivity index is 4.06. The fourth-order valence-electron chi connectivity index (χ4n) is 1.59. The summed E-state index contributed by atoms with van der Waals surface area (Å²) in [4.78, 5) is 2.15. The maximum atomic E-state index is 9.19. The normalized spacial score (nSPS) is 16.6. The molecule has 0 saturated carbocycles. The molecule has 0 aliphatic carbocycles. The lowest BCUT2D eigenvalue weighted by atomic mass is 10.0. The topological polar surface area (TPSA) is 49.5 Å². The number of nitrogens with zero attached hydrogens (tertiary/aromatic N) is 1. The van der Waals surface area contributed by atoms with Crippen molar-refractivity contribution < 1.29 is 5.11 Å². The number of rotatable bonds is 6. The molecule has 3 N–H and O–H groups in total. The lowest BCUT2D eigenvalue weighted by molar-refractivity contribution is 0.115. The summed E-state index contributed by atoms with van der Waals surface area (Å²) in [6, 6.07) is 0.182. The van der Waals surface area contributed by atoms with E-state index in [9.17, 15) is 5.11 Å². The van der Waals surface area contributed by atoms with Gasteiger partial charge in [0.1, 0.15) is 0 Å². The Labute approximate surface area is 81.9 Å². The summed E-state index contributed by atoms with van der Waals surface area (Å²) in [7, 11) is 2.02. The zero-order chi connectivity index (χ0) is 10.4.